The number of hydrogen-bond acceptors (Lipinski definition) is 2. The third-order valence-corrected chi connectivity index (χ3v) is 3.61. The van der Waals surface area contributed by atoms with Crippen LogP contribution in [-0.2, 0) is 0 Å². The molecule has 1 atom stereocenters. The Morgan fingerprint density at radius 3 is 2.38 bits per heavy atom. The van der Waals surface area contributed by atoms with Crippen molar-refractivity contribution < 1.29 is 4.74 Å². The van der Waals surface area contributed by atoms with E-state index in [0.717, 1.165) is 24.2 Å². The molecule has 2 aromatic carbocycles. The third kappa shape index (κ3) is 4.81. The van der Waals surface area contributed by atoms with Gasteiger partial charge in [-0.3, -0.25) is 0 Å². The van der Waals surface area contributed by atoms with Gasteiger partial charge in [0.2, 0.25) is 0 Å². The summed E-state index contributed by atoms with van der Waals surface area (Å²) in [6.07, 6.45) is 1.62. The fourth-order valence-corrected chi connectivity index (χ4v) is 2.24. The predicted molar refractivity (Wildman–Crippen MR) is 85.7 cm³/mol. The minimum absolute atomic E-state index is 0.108. The first kappa shape index (κ1) is 15.4. The first-order valence-electron chi connectivity index (χ1n) is 7.03. The zero-order valence-corrected chi connectivity index (χ0v) is 12.8. The molecule has 0 N–H and O–H groups in total. The summed E-state index contributed by atoms with van der Waals surface area (Å²) < 4.78 is 5.68. The fourth-order valence-electron chi connectivity index (χ4n) is 2.11. The highest BCUT2D eigenvalue weighted by atomic mass is 35.5. The van der Waals surface area contributed by atoms with Crippen LogP contribution in [0.5, 0.6) is 5.75 Å². The number of nitrogens with zero attached hydrogens (tertiary/aromatic N) is 1. The van der Waals surface area contributed by atoms with Gasteiger partial charge in [-0.15, -0.1) is 0 Å². The van der Waals surface area contributed by atoms with E-state index in [1.165, 1.54) is 5.56 Å². The fraction of sp³-hybridized carbons (Fsp3) is 0.278. The van der Waals surface area contributed by atoms with Crippen molar-refractivity contribution in [2.24, 2.45) is 0 Å². The Morgan fingerprint density at radius 1 is 1.10 bits per heavy atom. The molecular formula is C18H18ClNO. The maximum Gasteiger partial charge on any atom is 0.119 e. The molecule has 0 radical (unpaired) electrons. The van der Waals surface area contributed by atoms with Crippen molar-refractivity contribution in [1.29, 1.82) is 5.26 Å². The van der Waals surface area contributed by atoms with E-state index in [1.807, 2.05) is 55.5 Å². The molecule has 0 aromatic heterocycles. The van der Waals surface area contributed by atoms with Crippen LogP contribution in [-0.4, -0.2) is 6.61 Å². The quantitative estimate of drug-likeness (QED) is 0.694. The second-order valence-electron chi connectivity index (χ2n) is 5.04. The molecule has 2 rings (SSSR count). The van der Waals surface area contributed by atoms with Crippen molar-refractivity contribution in [3.05, 3.63) is 64.7 Å². The van der Waals surface area contributed by atoms with Gasteiger partial charge in [0.05, 0.1) is 18.6 Å². The van der Waals surface area contributed by atoms with Gasteiger partial charge in [0.1, 0.15) is 5.75 Å². The lowest BCUT2D eigenvalue weighted by Crippen LogP contribution is -2.02. The van der Waals surface area contributed by atoms with E-state index < -0.39 is 0 Å². The second kappa shape index (κ2) is 7.71. The van der Waals surface area contributed by atoms with Gasteiger partial charge in [-0.1, -0.05) is 41.4 Å². The van der Waals surface area contributed by atoms with Gasteiger partial charge in [0.25, 0.3) is 0 Å². The molecule has 2 aromatic rings. The van der Waals surface area contributed by atoms with Gasteiger partial charge >= 0.3 is 0 Å². The Labute approximate surface area is 130 Å². The van der Waals surface area contributed by atoms with Gasteiger partial charge < -0.3 is 4.74 Å². The average Bonchev–Trinajstić information content (AvgIpc) is 2.50. The number of rotatable bonds is 6. The maximum absolute atomic E-state index is 9.27. The lowest BCUT2D eigenvalue weighted by Gasteiger charge is -2.10. The van der Waals surface area contributed by atoms with Crippen LogP contribution >= 0.6 is 11.6 Å². The summed E-state index contributed by atoms with van der Waals surface area (Å²) in [5, 5.41) is 9.96. The Kier molecular flexibility index (Phi) is 5.66. The molecular weight excluding hydrogens is 282 g/mol. The number of nitriles is 1. The Balaban J connectivity index is 1.80. The first-order chi connectivity index (χ1) is 10.2. The molecule has 2 nitrogen and oxygen atoms in total. The molecule has 0 aliphatic carbocycles. The molecule has 0 heterocycles. The summed E-state index contributed by atoms with van der Waals surface area (Å²) in [6.45, 7) is 2.67. The van der Waals surface area contributed by atoms with Crippen LogP contribution in [0.3, 0.4) is 0 Å². The summed E-state index contributed by atoms with van der Waals surface area (Å²) in [6, 6.07) is 17.8. The number of halogens is 1. The molecule has 0 saturated heterocycles. The highest BCUT2D eigenvalue weighted by Gasteiger charge is 2.10. The summed E-state index contributed by atoms with van der Waals surface area (Å²) >= 11 is 5.86. The lowest BCUT2D eigenvalue weighted by molar-refractivity contribution is 0.305. The zero-order chi connectivity index (χ0) is 15.1. The second-order valence-corrected chi connectivity index (χ2v) is 5.47. The highest BCUT2D eigenvalue weighted by Crippen LogP contribution is 2.22. The SMILES string of the molecule is Cc1ccc(OCCCC(C#N)c2ccc(Cl)cc2)cc1. The Hall–Kier alpha value is -1.98. The van der Waals surface area contributed by atoms with Crippen molar-refractivity contribution in [3.8, 4) is 11.8 Å². The van der Waals surface area contributed by atoms with Crippen LogP contribution in [0.4, 0.5) is 0 Å². The lowest BCUT2D eigenvalue weighted by atomic mass is 9.96. The van der Waals surface area contributed by atoms with Crippen LogP contribution in [0.2, 0.25) is 5.02 Å². The van der Waals surface area contributed by atoms with E-state index in [-0.39, 0.29) is 5.92 Å². The molecule has 108 valence electrons. The van der Waals surface area contributed by atoms with E-state index >= 15 is 0 Å². The number of benzene rings is 2. The highest BCUT2D eigenvalue weighted by molar-refractivity contribution is 6.30. The number of ether oxygens (including phenoxy) is 1. The van der Waals surface area contributed by atoms with Crippen LogP contribution in [0.15, 0.2) is 48.5 Å². The van der Waals surface area contributed by atoms with Gasteiger partial charge in [0, 0.05) is 5.02 Å². The largest absolute Gasteiger partial charge is 0.494 e. The van der Waals surface area contributed by atoms with Crippen LogP contribution in [0.25, 0.3) is 0 Å². The van der Waals surface area contributed by atoms with Crippen LogP contribution in [0.1, 0.15) is 29.9 Å². The smallest absolute Gasteiger partial charge is 0.119 e. The van der Waals surface area contributed by atoms with Gasteiger partial charge in [-0.2, -0.15) is 5.26 Å². The number of hydrogen-bond donors (Lipinski definition) is 0. The zero-order valence-electron chi connectivity index (χ0n) is 12.1. The Morgan fingerprint density at radius 2 is 1.76 bits per heavy atom. The molecule has 0 fully saturated rings. The van der Waals surface area contributed by atoms with E-state index in [4.69, 9.17) is 16.3 Å². The number of aryl methyl sites for hydroxylation is 1. The van der Waals surface area contributed by atoms with E-state index in [1.54, 1.807) is 0 Å². The van der Waals surface area contributed by atoms with Crippen molar-refractivity contribution >= 4 is 11.6 Å². The van der Waals surface area contributed by atoms with Gasteiger partial charge in [0.15, 0.2) is 0 Å². The molecule has 0 amide bonds. The van der Waals surface area contributed by atoms with Crippen LogP contribution < -0.4 is 4.74 Å². The van der Waals surface area contributed by atoms with Gasteiger partial charge in [-0.05, 0) is 49.6 Å². The predicted octanol–water partition coefficient (Wildman–Crippen LogP) is 5.11. The maximum atomic E-state index is 9.27. The molecule has 3 heteroatoms. The van der Waals surface area contributed by atoms with E-state index in [9.17, 15) is 5.26 Å². The summed E-state index contributed by atoms with van der Waals surface area (Å²) in [4.78, 5) is 0. The van der Waals surface area contributed by atoms with Crippen molar-refractivity contribution in [1.82, 2.24) is 0 Å². The van der Waals surface area contributed by atoms with Crippen molar-refractivity contribution in [2.45, 2.75) is 25.7 Å². The van der Waals surface area contributed by atoms with Crippen LogP contribution in [0, 0.1) is 18.3 Å². The van der Waals surface area contributed by atoms with E-state index in [0.29, 0.717) is 11.6 Å². The molecule has 0 bridgehead atoms. The molecule has 0 spiro atoms. The minimum atomic E-state index is -0.108. The third-order valence-electron chi connectivity index (χ3n) is 3.36. The Bertz CT molecular complexity index is 599. The standard InChI is InChI=1S/C18H18ClNO/c1-14-4-10-18(11-5-14)21-12-2-3-16(13-20)15-6-8-17(19)9-7-15/h4-11,16H,2-3,12H2,1H3. The molecule has 0 aliphatic rings. The molecule has 1 unspecified atom stereocenters. The minimum Gasteiger partial charge on any atom is -0.494 e. The van der Waals surface area contributed by atoms with Crippen molar-refractivity contribution in [3.63, 3.8) is 0 Å². The summed E-state index contributed by atoms with van der Waals surface area (Å²) in [7, 11) is 0. The monoisotopic (exact) mass is 299 g/mol. The summed E-state index contributed by atoms with van der Waals surface area (Å²) in [5.41, 5.74) is 2.23. The molecule has 21 heavy (non-hydrogen) atoms. The normalized spacial score (nSPS) is 11.7. The molecule has 0 aliphatic heterocycles. The molecule has 0 saturated carbocycles. The first-order valence-corrected chi connectivity index (χ1v) is 7.41. The van der Waals surface area contributed by atoms with E-state index in [2.05, 4.69) is 6.07 Å². The topological polar surface area (TPSA) is 33.0 Å². The van der Waals surface area contributed by atoms with Gasteiger partial charge in [-0.25, -0.2) is 0 Å². The average molecular weight is 300 g/mol. The summed E-state index contributed by atoms with van der Waals surface area (Å²) in [5.74, 6) is 0.768. The van der Waals surface area contributed by atoms with Crippen molar-refractivity contribution in [2.75, 3.05) is 6.61 Å².